The van der Waals surface area contributed by atoms with E-state index in [0.29, 0.717) is 0 Å². The lowest BCUT2D eigenvalue weighted by atomic mass is 10.1. The van der Waals surface area contributed by atoms with Gasteiger partial charge in [0, 0.05) is 62.1 Å². The van der Waals surface area contributed by atoms with Crippen LogP contribution in [-0.2, 0) is 11.3 Å². The predicted molar refractivity (Wildman–Crippen MR) is 82.6 cm³/mol. The fourth-order valence-electron chi connectivity index (χ4n) is 2.90. The number of nitrogens with zero attached hydrogens (tertiary/aromatic N) is 2. The number of hydrogen-bond donors (Lipinski definition) is 1. The second-order valence-corrected chi connectivity index (χ2v) is 5.77. The van der Waals surface area contributed by atoms with E-state index in [4.69, 9.17) is 16.3 Å². The van der Waals surface area contributed by atoms with Crippen LogP contribution in [0.5, 0.6) is 0 Å². The number of rotatable bonds is 3. The number of benzene rings is 1. The van der Waals surface area contributed by atoms with Gasteiger partial charge in [0.2, 0.25) is 0 Å². The third kappa shape index (κ3) is 3.26. The van der Waals surface area contributed by atoms with Crippen molar-refractivity contribution in [3.05, 3.63) is 28.8 Å². The molecule has 0 bridgehead atoms. The maximum atomic E-state index is 6.47. The standard InChI is InChI=1S/C15H22ClN3O/c16-14-2-1-3-15(19-8-10-20-11-9-19)13(14)12-18-6-4-17-5-7-18/h1-3,17H,4-12H2. The summed E-state index contributed by atoms with van der Waals surface area (Å²) < 4.78 is 5.45. The van der Waals surface area contributed by atoms with E-state index in [1.54, 1.807) is 0 Å². The van der Waals surface area contributed by atoms with Crippen molar-refractivity contribution in [2.75, 3.05) is 57.4 Å². The van der Waals surface area contributed by atoms with Crippen molar-refractivity contribution < 1.29 is 4.74 Å². The number of anilines is 1. The molecule has 3 rings (SSSR count). The van der Waals surface area contributed by atoms with Crippen molar-refractivity contribution in [3.8, 4) is 0 Å². The number of nitrogens with one attached hydrogen (secondary N) is 1. The summed E-state index contributed by atoms with van der Waals surface area (Å²) in [5.74, 6) is 0. The first-order valence-corrected chi connectivity index (χ1v) is 7.75. The molecule has 0 aromatic heterocycles. The summed E-state index contributed by atoms with van der Waals surface area (Å²) in [6.07, 6.45) is 0. The van der Waals surface area contributed by atoms with Gasteiger partial charge in [0.1, 0.15) is 0 Å². The molecule has 1 N–H and O–H groups in total. The second kappa shape index (κ2) is 6.76. The minimum absolute atomic E-state index is 0.805. The molecule has 2 heterocycles. The molecule has 0 spiro atoms. The average molecular weight is 296 g/mol. The maximum absolute atomic E-state index is 6.47. The van der Waals surface area contributed by atoms with Gasteiger partial charge in [-0.25, -0.2) is 0 Å². The Bertz CT molecular complexity index is 443. The Morgan fingerprint density at radius 3 is 2.60 bits per heavy atom. The van der Waals surface area contributed by atoms with Crippen LogP contribution < -0.4 is 10.2 Å². The molecule has 1 aromatic carbocycles. The van der Waals surface area contributed by atoms with Gasteiger partial charge in [0.05, 0.1) is 13.2 Å². The smallest absolute Gasteiger partial charge is 0.0642 e. The van der Waals surface area contributed by atoms with Gasteiger partial charge in [-0.1, -0.05) is 17.7 Å². The van der Waals surface area contributed by atoms with Crippen LogP contribution in [0.4, 0.5) is 5.69 Å². The van der Waals surface area contributed by atoms with Crippen LogP contribution in [0.3, 0.4) is 0 Å². The molecule has 0 aliphatic carbocycles. The van der Waals surface area contributed by atoms with Gasteiger partial charge in [0.25, 0.3) is 0 Å². The van der Waals surface area contributed by atoms with E-state index >= 15 is 0 Å². The van der Waals surface area contributed by atoms with Crippen molar-refractivity contribution in [3.63, 3.8) is 0 Å². The third-order valence-electron chi connectivity index (χ3n) is 4.04. The van der Waals surface area contributed by atoms with Gasteiger partial charge in [-0.05, 0) is 12.1 Å². The Kier molecular flexibility index (Phi) is 4.78. The molecule has 0 amide bonds. The number of hydrogen-bond acceptors (Lipinski definition) is 4. The Labute approximate surface area is 125 Å². The minimum atomic E-state index is 0.805. The highest BCUT2D eigenvalue weighted by Gasteiger charge is 2.19. The Morgan fingerprint density at radius 2 is 1.85 bits per heavy atom. The fraction of sp³-hybridized carbons (Fsp3) is 0.600. The Balaban J connectivity index is 1.80. The molecular formula is C15H22ClN3O. The first-order valence-electron chi connectivity index (χ1n) is 7.38. The van der Waals surface area contributed by atoms with Crippen LogP contribution in [0.1, 0.15) is 5.56 Å². The predicted octanol–water partition coefficient (Wildman–Crippen LogP) is 1.58. The van der Waals surface area contributed by atoms with Crippen molar-refractivity contribution >= 4 is 17.3 Å². The molecule has 4 nitrogen and oxygen atoms in total. The van der Waals surface area contributed by atoms with Crippen LogP contribution in [0.2, 0.25) is 5.02 Å². The number of ether oxygens (including phenoxy) is 1. The van der Waals surface area contributed by atoms with E-state index in [1.165, 1.54) is 11.3 Å². The van der Waals surface area contributed by atoms with E-state index in [2.05, 4.69) is 21.2 Å². The highest BCUT2D eigenvalue weighted by molar-refractivity contribution is 6.31. The van der Waals surface area contributed by atoms with Crippen LogP contribution in [0.25, 0.3) is 0 Å². The molecule has 0 unspecified atom stereocenters. The highest BCUT2D eigenvalue weighted by atomic mass is 35.5. The molecular weight excluding hydrogens is 274 g/mol. The summed E-state index contributed by atoms with van der Waals surface area (Å²) in [6, 6.07) is 6.24. The summed E-state index contributed by atoms with van der Waals surface area (Å²) in [4.78, 5) is 4.87. The Hall–Kier alpha value is -0.810. The molecule has 2 fully saturated rings. The van der Waals surface area contributed by atoms with Crippen molar-refractivity contribution in [1.82, 2.24) is 10.2 Å². The van der Waals surface area contributed by atoms with Crippen LogP contribution in [0.15, 0.2) is 18.2 Å². The summed E-state index contributed by atoms with van der Waals surface area (Å²) in [6.45, 7) is 8.77. The van der Waals surface area contributed by atoms with Gasteiger partial charge in [-0.2, -0.15) is 0 Å². The minimum Gasteiger partial charge on any atom is -0.378 e. The number of morpholine rings is 1. The summed E-state index contributed by atoms with van der Waals surface area (Å²) >= 11 is 6.47. The zero-order chi connectivity index (χ0) is 13.8. The number of piperazine rings is 1. The maximum Gasteiger partial charge on any atom is 0.0642 e. The topological polar surface area (TPSA) is 27.7 Å². The van der Waals surface area contributed by atoms with Gasteiger partial charge >= 0.3 is 0 Å². The quantitative estimate of drug-likeness (QED) is 0.916. The van der Waals surface area contributed by atoms with Crippen LogP contribution in [-0.4, -0.2) is 57.4 Å². The van der Waals surface area contributed by atoms with Gasteiger partial charge < -0.3 is 15.0 Å². The summed E-state index contributed by atoms with van der Waals surface area (Å²) in [5, 5.41) is 4.27. The second-order valence-electron chi connectivity index (χ2n) is 5.36. The van der Waals surface area contributed by atoms with E-state index in [-0.39, 0.29) is 0 Å². The first-order chi connectivity index (χ1) is 9.84. The lowest BCUT2D eigenvalue weighted by molar-refractivity contribution is 0.122. The SMILES string of the molecule is Clc1cccc(N2CCOCC2)c1CN1CCNCC1. The zero-order valence-electron chi connectivity index (χ0n) is 11.8. The average Bonchev–Trinajstić information content (AvgIpc) is 2.51. The van der Waals surface area contributed by atoms with Crippen molar-refractivity contribution in [1.29, 1.82) is 0 Å². The zero-order valence-corrected chi connectivity index (χ0v) is 12.5. The lowest BCUT2D eigenvalue weighted by Gasteiger charge is -2.33. The summed E-state index contributed by atoms with van der Waals surface area (Å²) in [7, 11) is 0. The fourth-order valence-corrected chi connectivity index (χ4v) is 3.13. The van der Waals surface area contributed by atoms with Crippen LogP contribution >= 0.6 is 11.6 Å². The Morgan fingerprint density at radius 1 is 1.10 bits per heavy atom. The van der Waals surface area contributed by atoms with E-state index in [9.17, 15) is 0 Å². The van der Waals surface area contributed by atoms with Gasteiger partial charge in [-0.15, -0.1) is 0 Å². The normalized spacial score (nSPS) is 21.1. The molecule has 2 aliphatic rings. The van der Waals surface area contributed by atoms with Crippen LogP contribution in [0, 0.1) is 0 Å². The summed E-state index contributed by atoms with van der Waals surface area (Å²) in [5.41, 5.74) is 2.54. The highest BCUT2D eigenvalue weighted by Crippen LogP contribution is 2.29. The molecule has 2 aliphatic heterocycles. The molecule has 20 heavy (non-hydrogen) atoms. The monoisotopic (exact) mass is 295 g/mol. The molecule has 110 valence electrons. The third-order valence-corrected chi connectivity index (χ3v) is 4.39. The largest absolute Gasteiger partial charge is 0.378 e. The van der Waals surface area contributed by atoms with Gasteiger partial charge in [-0.3, -0.25) is 4.90 Å². The van der Waals surface area contributed by atoms with Crippen molar-refractivity contribution in [2.24, 2.45) is 0 Å². The molecule has 0 radical (unpaired) electrons. The number of halogens is 1. The molecule has 2 saturated heterocycles. The molecule has 0 saturated carbocycles. The van der Waals surface area contributed by atoms with E-state index in [0.717, 1.165) is 64.0 Å². The van der Waals surface area contributed by atoms with E-state index in [1.807, 2.05) is 12.1 Å². The molecule has 0 atom stereocenters. The molecule has 5 heteroatoms. The van der Waals surface area contributed by atoms with Crippen molar-refractivity contribution in [2.45, 2.75) is 6.54 Å². The lowest BCUT2D eigenvalue weighted by Crippen LogP contribution is -2.43. The molecule has 1 aromatic rings. The van der Waals surface area contributed by atoms with E-state index < -0.39 is 0 Å². The van der Waals surface area contributed by atoms with Gasteiger partial charge in [0.15, 0.2) is 0 Å². The first kappa shape index (κ1) is 14.1.